The highest BCUT2D eigenvalue weighted by molar-refractivity contribution is 5.71. The maximum Gasteiger partial charge on any atom is 0.306 e. The lowest BCUT2D eigenvalue weighted by molar-refractivity contribution is -0.167. The van der Waals surface area contributed by atoms with Gasteiger partial charge in [-0.05, 0) is 148 Å². The molecule has 0 aliphatic heterocycles. The van der Waals surface area contributed by atoms with Crippen LogP contribution in [0.3, 0.4) is 0 Å². The summed E-state index contributed by atoms with van der Waals surface area (Å²) in [7, 11) is 0. The second-order valence-corrected chi connectivity index (χ2v) is 19.8. The van der Waals surface area contributed by atoms with E-state index < -0.39 is 6.10 Å². The lowest BCUT2D eigenvalue weighted by atomic mass is 10.1. The molecule has 0 saturated carbocycles. The zero-order valence-electron chi connectivity index (χ0n) is 49.4. The Morgan fingerprint density at radius 2 is 0.506 bits per heavy atom. The number of rotatable bonds is 54. The minimum Gasteiger partial charge on any atom is -0.462 e. The molecule has 6 nitrogen and oxygen atoms in total. The fourth-order valence-corrected chi connectivity index (χ4v) is 7.91. The summed E-state index contributed by atoms with van der Waals surface area (Å²) in [5.41, 5.74) is 0. The van der Waals surface area contributed by atoms with E-state index in [1.54, 1.807) is 0 Å². The first-order valence-corrected chi connectivity index (χ1v) is 31.0. The third-order valence-electron chi connectivity index (χ3n) is 12.5. The lowest BCUT2D eigenvalue weighted by Gasteiger charge is -2.18. The fourth-order valence-electron chi connectivity index (χ4n) is 7.91. The number of carbonyl (C=O) groups is 3. The molecule has 77 heavy (non-hydrogen) atoms. The topological polar surface area (TPSA) is 78.9 Å². The zero-order valence-corrected chi connectivity index (χ0v) is 49.4. The zero-order chi connectivity index (χ0) is 55.7. The van der Waals surface area contributed by atoms with Crippen LogP contribution in [-0.4, -0.2) is 37.2 Å². The largest absolute Gasteiger partial charge is 0.462 e. The van der Waals surface area contributed by atoms with Gasteiger partial charge in [0.15, 0.2) is 6.10 Å². The first-order valence-electron chi connectivity index (χ1n) is 31.0. The van der Waals surface area contributed by atoms with Crippen molar-refractivity contribution in [1.82, 2.24) is 0 Å². The highest BCUT2D eigenvalue weighted by Crippen LogP contribution is 2.13. The van der Waals surface area contributed by atoms with Crippen LogP contribution in [0.4, 0.5) is 0 Å². The second-order valence-electron chi connectivity index (χ2n) is 19.8. The van der Waals surface area contributed by atoms with Crippen LogP contribution in [0.15, 0.2) is 158 Å². The molecule has 0 aliphatic rings. The highest BCUT2D eigenvalue weighted by Gasteiger charge is 2.19. The van der Waals surface area contributed by atoms with E-state index in [4.69, 9.17) is 14.2 Å². The molecule has 6 heteroatoms. The minimum absolute atomic E-state index is 0.110. The quantitative estimate of drug-likeness (QED) is 0.0261. The number of hydrogen-bond acceptors (Lipinski definition) is 6. The smallest absolute Gasteiger partial charge is 0.306 e. The van der Waals surface area contributed by atoms with E-state index in [-0.39, 0.29) is 37.5 Å². The Hall–Kier alpha value is -4.97. The average molecular weight is 1060 g/mol. The monoisotopic (exact) mass is 1060 g/mol. The molecule has 0 spiro atoms. The summed E-state index contributed by atoms with van der Waals surface area (Å²) in [5, 5.41) is 0. The molecule has 0 N–H and O–H groups in total. The third-order valence-corrected chi connectivity index (χ3v) is 12.5. The van der Waals surface area contributed by atoms with E-state index >= 15 is 0 Å². The summed E-state index contributed by atoms with van der Waals surface area (Å²) in [4.78, 5) is 38.3. The molecule has 0 fully saturated rings. The molecule has 0 amide bonds. The molecule has 0 bridgehead atoms. The maximum absolute atomic E-state index is 12.9. The normalized spacial score (nSPS) is 13.2. The lowest BCUT2D eigenvalue weighted by Crippen LogP contribution is -2.30. The molecule has 1 unspecified atom stereocenters. The molecule has 0 heterocycles. The molecule has 0 rings (SSSR count). The Bertz CT molecular complexity index is 1740. The SMILES string of the molecule is CC/C=C\C/C=C\C/C=C\C/C=C\C/C=C\C/C=C\C/C=C\CCCCCC(=O)OCC(COC(=O)CCCCCCCCC/C=C\C/C=C\CCCCC)OC(=O)CCCCCC/C=C\C/C=C\C/C=C\C/C=C\CC. The molecule has 432 valence electrons. The van der Waals surface area contributed by atoms with E-state index in [2.05, 4.69) is 179 Å². The van der Waals surface area contributed by atoms with Crippen LogP contribution in [0.5, 0.6) is 0 Å². The molecule has 0 aromatic heterocycles. The summed E-state index contributed by atoms with van der Waals surface area (Å²) in [6, 6.07) is 0. The summed E-state index contributed by atoms with van der Waals surface area (Å²) < 4.78 is 16.9. The maximum atomic E-state index is 12.9. The van der Waals surface area contributed by atoms with E-state index in [1.165, 1.54) is 51.4 Å². The van der Waals surface area contributed by atoms with Crippen LogP contribution < -0.4 is 0 Å². The van der Waals surface area contributed by atoms with Crippen LogP contribution >= 0.6 is 0 Å². The van der Waals surface area contributed by atoms with Gasteiger partial charge in [0.1, 0.15) is 13.2 Å². The van der Waals surface area contributed by atoms with Gasteiger partial charge in [-0.3, -0.25) is 14.4 Å². The average Bonchev–Trinajstić information content (AvgIpc) is 3.43. The second kappa shape index (κ2) is 63.6. The Morgan fingerprint density at radius 1 is 0.273 bits per heavy atom. The first-order chi connectivity index (χ1) is 38.0. The van der Waals surface area contributed by atoms with Crippen molar-refractivity contribution < 1.29 is 28.6 Å². The fraction of sp³-hybridized carbons (Fsp3) is 0.592. The molecule has 0 saturated heterocycles. The van der Waals surface area contributed by atoms with Gasteiger partial charge in [-0.25, -0.2) is 0 Å². The van der Waals surface area contributed by atoms with E-state index in [1.807, 2.05) is 0 Å². The van der Waals surface area contributed by atoms with Crippen molar-refractivity contribution in [3.8, 4) is 0 Å². The van der Waals surface area contributed by atoms with Crippen molar-refractivity contribution in [3.05, 3.63) is 158 Å². The number of hydrogen-bond donors (Lipinski definition) is 0. The third kappa shape index (κ3) is 61.8. The molecule has 1 atom stereocenters. The van der Waals surface area contributed by atoms with Gasteiger partial charge in [-0.2, -0.15) is 0 Å². The van der Waals surface area contributed by atoms with Crippen molar-refractivity contribution in [2.45, 2.75) is 258 Å². The number of carbonyl (C=O) groups excluding carboxylic acids is 3. The minimum atomic E-state index is -0.818. The predicted octanol–water partition coefficient (Wildman–Crippen LogP) is 21.3. The van der Waals surface area contributed by atoms with Crippen LogP contribution in [0.25, 0.3) is 0 Å². The molecule has 0 aromatic carbocycles. The summed E-state index contributed by atoms with van der Waals surface area (Å²) in [6.45, 7) is 6.33. The number of esters is 3. The van der Waals surface area contributed by atoms with Gasteiger partial charge in [-0.1, -0.05) is 243 Å². The standard InChI is InChI=1S/C71H112O6/c1-4-7-10-13-16-19-22-25-28-31-32-33-34-35-36-37-38-41-43-46-49-52-55-58-61-64-70(73)76-67-68(77-71(74)65-62-59-56-53-50-47-44-40-30-27-24-21-18-15-12-9-6-3)66-75-69(72)63-60-57-54-51-48-45-42-39-29-26-23-20-17-14-11-8-5-2/h7,9-10,12,16-21,25-30,32-33,35-36,38,41,44,46-47,49,68H,4-6,8,11,13-15,22-24,31,34,37,39-40,42-43,45,48,50-67H2,1-3H3/b10-7-,12-9-,19-16-,20-17-,21-18-,28-25-,29-26-,30-27-,33-32-,36-35-,41-38-,47-44-,49-46-. The predicted molar refractivity (Wildman–Crippen MR) is 334 cm³/mol. The van der Waals surface area contributed by atoms with Crippen LogP contribution in [0.1, 0.15) is 252 Å². The van der Waals surface area contributed by atoms with E-state index in [0.717, 1.165) is 161 Å². The molecular weight excluding hydrogens is 949 g/mol. The Kier molecular flexibility index (Phi) is 59.5. The van der Waals surface area contributed by atoms with E-state index in [9.17, 15) is 14.4 Å². The van der Waals surface area contributed by atoms with Crippen LogP contribution in [0, 0.1) is 0 Å². The molecule has 0 aliphatic carbocycles. The number of unbranched alkanes of at least 4 members (excludes halogenated alkanes) is 17. The molecule has 0 radical (unpaired) electrons. The number of ether oxygens (including phenoxy) is 3. The molecule has 0 aromatic rings. The van der Waals surface area contributed by atoms with Crippen molar-refractivity contribution in [2.75, 3.05) is 13.2 Å². The van der Waals surface area contributed by atoms with Gasteiger partial charge >= 0.3 is 17.9 Å². The van der Waals surface area contributed by atoms with Gasteiger partial charge in [0, 0.05) is 19.3 Å². The summed E-state index contributed by atoms with van der Waals surface area (Å²) in [6.07, 6.45) is 92.3. The number of allylic oxidation sites excluding steroid dienone is 26. The van der Waals surface area contributed by atoms with Gasteiger partial charge in [-0.15, -0.1) is 0 Å². The van der Waals surface area contributed by atoms with Crippen molar-refractivity contribution in [1.29, 1.82) is 0 Å². The van der Waals surface area contributed by atoms with Crippen molar-refractivity contribution >= 4 is 17.9 Å². The van der Waals surface area contributed by atoms with Gasteiger partial charge in [0.25, 0.3) is 0 Å². The van der Waals surface area contributed by atoms with Gasteiger partial charge < -0.3 is 14.2 Å². The highest BCUT2D eigenvalue weighted by atomic mass is 16.6. The van der Waals surface area contributed by atoms with Gasteiger partial charge in [0.2, 0.25) is 0 Å². The Labute approximate surface area is 473 Å². The van der Waals surface area contributed by atoms with Crippen LogP contribution in [0.2, 0.25) is 0 Å². The van der Waals surface area contributed by atoms with Crippen molar-refractivity contribution in [3.63, 3.8) is 0 Å². The van der Waals surface area contributed by atoms with Gasteiger partial charge in [0.05, 0.1) is 0 Å². The first kappa shape index (κ1) is 72.0. The Balaban J connectivity index is 4.52. The van der Waals surface area contributed by atoms with Crippen LogP contribution in [-0.2, 0) is 28.6 Å². The van der Waals surface area contributed by atoms with E-state index in [0.29, 0.717) is 12.8 Å². The summed E-state index contributed by atoms with van der Waals surface area (Å²) in [5.74, 6) is -0.980. The summed E-state index contributed by atoms with van der Waals surface area (Å²) >= 11 is 0. The van der Waals surface area contributed by atoms with Crippen molar-refractivity contribution in [2.24, 2.45) is 0 Å². The Morgan fingerprint density at radius 3 is 0.805 bits per heavy atom. The molecular formula is C71H112O6.